The second-order valence-corrected chi connectivity index (χ2v) is 21.3. The highest BCUT2D eigenvalue weighted by Gasteiger charge is 2.31. The van der Waals surface area contributed by atoms with Crippen molar-refractivity contribution in [3.8, 4) is 11.5 Å². The zero-order valence-corrected chi connectivity index (χ0v) is 40.4. The zero-order valence-electron chi connectivity index (χ0n) is 38.8. The number of rotatable bonds is 17. The number of allylic oxidation sites excluding steroid dienone is 1. The number of halogens is 1. The third-order valence-electron chi connectivity index (χ3n) is 13.2. The summed E-state index contributed by atoms with van der Waals surface area (Å²) in [5.74, 6) is -0.459. The standard InChI is InChI=1S/C50H62ClN9O6S/c1-34(2)55-39-16-22-57(23-17-39)21-5-19-52-45-13-11-42(30-46(45)60(62)63)67(64,65)56-49(61)43-12-10-40(29-47(43)66-41-28-36-15-20-53-48(36)54-32-41)59-26-24-58(25-27-59)33-37-14-18-50(3,4)31-44(37)35-6-8-38(51)9-7-35/h6-13,15,20,28-30,32,34,39,52,55H,5,14,16-19,21-27,31,33H2,1-4H3,(H,53,54)(H,56,61). The summed E-state index contributed by atoms with van der Waals surface area (Å²) in [6.45, 7) is 16.3. The van der Waals surface area contributed by atoms with Crippen LogP contribution in [0.2, 0.25) is 5.02 Å². The molecule has 2 aromatic heterocycles. The molecule has 8 rings (SSSR count). The quantitative estimate of drug-likeness (QED) is 0.0396. The van der Waals surface area contributed by atoms with Crippen LogP contribution < -0.4 is 25.0 Å². The van der Waals surface area contributed by atoms with Crippen LogP contribution >= 0.6 is 11.6 Å². The normalized spacial score (nSPS) is 17.6. The Labute approximate surface area is 398 Å². The Kier molecular flexibility index (Phi) is 14.9. The van der Waals surface area contributed by atoms with Crippen molar-refractivity contribution < 1.29 is 22.9 Å². The number of fused-ring (bicyclic) bond motifs is 1. The molecule has 0 unspecified atom stereocenters. The summed E-state index contributed by atoms with van der Waals surface area (Å²) in [5, 5.41) is 20.5. The molecule has 1 aliphatic carbocycles. The van der Waals surface area contributed by atoms with Gasteiger partial charge in [0.05, 0.1) is 21.6 Å². The molecule has 2 fully saturated rings. The topological polar surface area (TPSA) is 178 Å². The number of ether oxygens (including phenoxy) is 1. The maximum Gasteiger partial charge on any atom is 0.293 e. The van der Waals surface area contributed by atoms with E-state index in [0.717, 1.165) is 113 Å². The van der Waals surface area contributed by atoms with Crippen molar-refractivity contribution in [3.63, 3.8) is 0 Å². The van der Waals surface area contributed by atoms with Gasteiger partial charge in [-0.05, 0) is 123 Å². The maximum atomic E-state index is 14.0. The van der Waals surface area contributed by atoms with Crippen LogP contribution in [0.3, 0.4) is 0 Å². The van der Waals surface area contributed by atoms with Crippen LogP contribution in [0.4, 0.5) is 17.1 Å². The van der Waals surface area contributed by atoms with Crippen LogP contribution in [0.25, 0.3) is 16.6 Å². The number of anilines is 2. The fraction of sp³-hybridized carbons (Fsp3) is 0.440. The van der Waals surface area contributed by atoms with E-state index in [0.29, 0.717) is 30.0 Å². The molecular weight excluding hydrogens is 890 g/mol. The molecule has 0 atom stereocenters. The van der Waals surface area contributed by atoms with Crippen LogP contribution in [0.5, 0.6) is 11.5 Å². The highest BCUT2D eigenvalue weighted by Crippen LogP contribution is 2.43. The van der Waals surface area contributed by atoms with Crippen LogP contribution in [0.1, 0.15) is 82.1 Å². The summed E-state index contributed by atoms with van der Waals surface area (Å²) in [6.07, 6.45) is 9.41. The molecule has 0 spiro atoms. The summed E-state index contributed by atoms with van der Waals surface area (Å²) in [6, 6.07) is 21.5. The second-order valence-electron chi connectivity index (χ2n) is 19.2. The van der Waals surface area contributed by atoms with Gasteiger partial charge in [-0.15, -0.1) is 0 Å². The number of piperidine rings is 1. The number of nitrogens with one attached hydrogen (secondary N) is 4. The number of hydrogen-bond acceptors (Lipinski definition) is 12. The third-order valence-corrected chi connectivity index (χ3v) is 14.7. The number of aromatic amines is 1. The van der Waals surface area contributed by atoms with Gasteiger partial charge in [-0.1, -0.05) is 57.0 Å². The average molecular weight is 953 g/mol. The molecule has 0 saturated carbocycles. The summed E-state index contributed by atoms with van der Waals surface area (Å²) in [4.78, 5) is 39.8. The van der Waals surface area contributed by atoms with E-state index < -0.39 is 31.4 Å². The number of piperazine rings is 1. The number of sulfonamides is 1. The van der Waals surface area contributed by atoms with E-state index in [9.17, 15) is 23.3 Å². The molecule has 17 heteroatoms. The number of pyridine rings is 1. The fourth-order valence-electron chi connectivity index (χ4n) is 9.52. The van der Waals surface area contributed by atoms with Crippen molar-refractivity contribution in [2.75, 3.05) is 69.1 Å². The van der Waals surface area contributed by atoms with Gasteiger partial charge in [0.15, 0.2) is 0 Å². The minimum absolute atomic E-state index is 0.0322. The number of nitrogens with zero attached hydrogens (tertiary/aromatic N) is 5. The van der Waals surface area contributed by atoms with Gasteiger partial charge < -0.3 is 30.2 Å². The molecule has 0 radical (unpaired) electrons. The van der Waals surface area contributed by atoms with Gasteiger partial charge >= 0.3 is 0 Å². The highest BCUT2D eigenvalue weighted by atomic mass is 35.5. The molecule has 4 N–H and O–H groups in total. The maximum absolute atomic E-state index is 14.0. The molecule has 5 aromatic rings. The van der Waals surface area contributed by atoms with Gasteiger partial charge in [-0.3, -0.25) is 19.8 Å². The summed E-state index contributed by atoms with van der Waals surface area (Å²) >= 11 is 6.25. The van der Waals surface area contributed by atoms with Crippen LogP contribution in [-0.4, -0.2) is 110 Å². The first-order chi connectivity index (χ1) is 32.1. The lowest BCUT2D eigenvalue weighted by Crippen LogP contribution is -2.47. The first-order valence-electron chi connectivity index (χ1n) is 23.4. The van der Waals surface area contributed by atoms with E-state index in [4.69, 9.17) is 16.3 Å². The van der Waals surface area contributed by atoms with E-state index in [-0.39, 0.29) is 22.4 Å². The minimum atomic E-state index is -4.56. The average Bonchev–Trinajstić information content (AvgIpc) is 3.77. The SMILES string of the molecule is CC(C)NC1CCN(CCCNc2ccc(S(=O)(=O)NC(=O)c3ccc(N4CCN(CC5=C(c6ccc(Cl)cc6)CC(C)(C)CC5)CC4)cc3Oc3cnc4[nH]ccc4c3)cc2[N+](=O)[O-])CC1. The van der Waals surface area contributed by atoms with Gasteiger partial charge in [0.1, 0.15) is 22.8 Å². The Morgan fingerprint density at radius 2 is 1.75 bits per heavy atom. The van der Waals surface area contributed by atoms with Crippen molar-refractivity contribution >= 4 is 61.2 Å². The number of carbonyl (C=O) groups is 1. The van der Waals surface area contributed by atoms with E-state index in [1.807, 2.05) is 18.2 Å². The van der Waals surface area contributed by atoms with Crippen molar-refractivity contribution in [1.29, 1.82) is 0 Å². The Hall–Kier alpha value is -5.52. The van der Waals surface area contributed by atoms with Gasteiger partial charge in [-0.25, -0.2) is 18.1 Å². The highest BCUT2D eigenvalue weighted by molar-refractivity contribution is 7.90. The Bertz CT molecular complexity index is 2710. The summed E-state index contributed by atoms with van der Waals surface area (Å²) in [7, 11) is -4.56. The number of likely N-dealkylation sites (tertiary alicyclic amines) is 1. The van der Waals surface area contributed by atoms with E-state index >= 15 is 0 Å². The Morgan fingerprint density at radius 3 is 2.48 bits per heavy atom. The predicted octanol–water partition coefficient (Wildman–Crippen LogP) is 9.09. The largest absolute Gasteiger partial charge is 0.455 e. The van der Waals surface area contributed by atoms with E-state index in [2.05, 4.69) is 79.9 Å². The molecule has 15 nitrogen and oxygen atoms in total. The zero-order chi connectivity index (χ0) is 47.3. The molecule has 0 bridgehead atoms. The number of nitro benzene ring substituents is 1. The molecule has 3 aliphatic rings. The van der Waals surface area contributed by atoms with Crippen molar-refractivity contribution in [2.45, 2.75) is 83.2 Å². The molecule has 4 heterocycles. The number of benzene rings is 3. The van der Waals surface area contributed by atoms with E-state index in [1.165, 1.54) is 35.0 Å². The molecule has 356 valence electrons. The first kappa shape index (κ1) is 48.0. The summed E-state index contributed by atoms with van der Waals surface area (Å²) in [5.41, 5.74) is 5.58. The molecule has 2 saturated heterocycles. The molecule has 1 amide bonds. The monoisotopic (exact) mass is 951 g/mol. The number of H-pyrrole nitrogens is 1. The van der Waals surface area contributed by atoms with Gasteiger partial charge in [0.2, 0.25) is 0 Å². The fourth-order valence-corrected chi connectivity index (χ4v) is 10.6. The number of aromatic nitrogens is 2. The lowest BCUT2D eigenvalue weighted by atomic mass is 9.72. The van der Waals surface area contributed by atoms with Crippen LogP contribution in [0.15, 0.2) is 95.7 Å². The van der Waals surface area contributed by atoms with Crippen molar-refractivity contribution in [3.05, 3.63) is 117 Å². The van der Waals surface area contributed by atoms with Gasteiger partial charge in [-0.2, -0.15) is 0 Å². The summed E-state index contributed by atoms with van der Waals surface area (Å²) < 4.78 is 36.0. The Balaban J connectivity index is 0.948. The van der Waals surface area contributed by atoms with Gasteiger partial charge in [0.25, 0.3) is 21.6 Å². The predicted molar refractivity (Wildman–Crippen MR) is 266 cm³/mol. The number of hydrogen-bond donors (Lipinski definition) is 4. The molecule has 67 heavy (non-hydrogen) atoms. The van der Waals surface area contributed by atoms with Gasteiger partial charge in [0, 0.05) is 85.8 Å². The second kappa shape index (κ2) is 20.8. The van der Waals surface area contributed by atoms with E-state index in [1.54, 1.807) is 30.5 Å². The third kappa shape index (κ3) is 12.1. The number of carbonyl (C=O) groups excluding carboxylic acids is 1. The Morgan fingerprint density at radius 1 is 0.985 bits per heavy atom. The minimum Gasteiger partial charge on any atom is -0.455 e. The molecular formula is C50H62ClN9O6S. The lowest BCUT2D eigenvalue weighted by molar-refractivity contribution is -0.384. The van der Waals surface area contributed by atoms with Crippen LogP contribution in [0, 0.1) is 15.5 Å². The van der Waals surface area contributed by atoms with Crippen molar-refractivity contribution in [1.82, 2.24) is 29.8 Å². The lowest BCUT2D eigenvalue weighted by Gasteiger charge is -2.39. The molecule has 2 aliphatic heterocycles. The number of amides is 1. The van der Waals surface area contributed by atoms with Crippen molar-refractivity contribution in [2.24, 2.45) is 5.41 Å². The first-order valence-corrected chi connectivity index (χ1v) is 25.2. The molecule has 3 aromatic carbocycles. The van der Waals surface area contributed by atoms with Crippen LogP contribution in [-0.2, 0) is 10.0 Å². The smallest absolute Gasteiger partial charge is 0.293 e. The number of nitro groups is 1.